The first kappa shape index (κ1) is 15.8. The lowest BCUT2D eigenvalue weighted by molar-refractivity contribution is -0.157. The molecule has 5 nitrogen and oxygen atoms in total. The Labute approximate surface area is 143 Å². The molecular formula is C19H27N3O2. The lowest BCUT2D eigenvalue weighted by Gasteiger charge is -2.61. The van der Waals surface area contributed by atoms with Crippen molar-refractivity contribution in [3.8, 4) is 0 Å². The zero-order valence-electron chi connectivity index (χ0n) is 14.4. The van der Waals surface area contributed by atoms with Crippen LogP contribution in [0.4, 0.5) is 10.5 Å². The Bertz CT molecular complexity index is 614. The summed E-state index contributed by atoms with van der Waals surface area (Å²) < 4.78 is 5.95. The molecule has 0 bridgehead atoms. The first-order chi connectivity index (χ1) is 11.7. The van der Waals surface area contributed by atoms with Crippen molar-refractivity contribution >= 4 is 11.7 Å². The van der Waals surface area contributed by atoms with Gasteiger partial charge in [-0.05, 0) is 37.8 Å². The van der Waals surface area contributed by atoms with Crippen molar-refractivity contribution in [2.24, 2.45) is 5.41 Å². The molecule has 4 rings (SSSR count). The molecule has 1 aliphatic heterocycles. The van der Waals surface area contributed by atoms with Gasteiger partial charge in [-0.1, -0.05) is 24.6 Å². The molecule has 5 heteroatoms. The van der Waals surface area contributed by atoms with Crippen molar-refractivity contribution in [3.05, 3.63) is 29.8 Å². The molecule has 2 saturated carbocycles. The number of para-hydroxylation sites is 1. The van der Waals surface area contributed by atoms with Gasteiger partial charge in [0.1, 0.15) is 0 Å². The molecule has 2 aliphatic carbocycles. The minimum atomic E-state index is 0.0420. The van der Waals surface area contributed by atoms with Crippen molar-refractivity contribution in [1.82, 2.24) is 10.2 Å². The zero-order valence-corrected chi connectivity index (χ0v) is 14.4. The molecule has 1 saturated heterocycles. The van der Waals surface area contributed by atoms with E-state index in [4.69, 9.17) is 4.74 Å². The van der Waals surface area contributed by atoms with Crippen LogP contribution in [0, 0.1) is 5.41 Å². The molecule has 1 aromatic carbocycles. The quantitative estimate of drug-likeness (QED) is 0.844. The largest absolute Gasteiger partial charge is 0.381 e. The summed E-state index contributed by atoms with van der Waals surface area (Å²) in [6.45, 7) is 5.09. The Morgan fingerprint density at radius 1 is 1.38 bits per heavy atom. The highest BCUT2D eigenvalue weighted by molar-refractivity contribution is 5.76. The number of carbonyl (C=O) groups excluding carboxylic acids is 1. The average molecular weight is 329 g/mol. The van der Waals surface area contributed by atoms with Gasteiger partial charge in [-0.2, -0.15) is 0 Å². The number of rotatable bonds is 6. The normalized spacial score (nSPS) is 27.5. The number of nitrogens with zero attached hydrogens (tertiary/aromatic N) is 1. The Morgan fingerprint density at radius 2 is 2.21 bits per heavy atom. The second kappa shape index (κ2) is 6.28. The summed E-state index contributed by atoms with van der Waals surface area (Å²) in [5, 5.41) is 6.65. The van der Waals surface area contributed by atoms with E-state index in [1.165, 1.54) is 30.5 Å². The predicted molar refractivity (Wildman–Crippen MR) is 94.0 cm³/mol. The van der Waals surface area contributed by atoms with Gasteiger partial charge in [-0.25, -0.2) is 4.79 Å². The smallest absolute Gasteiger partial charge is 0.317 e. The van der Waals surface area contributed by atoms with Crippen LogP contribution in [0.3, 0.4) is 0 Å². The molecule has 1 aromatic rings. The van der Waals surface area contributed by atoms with Gasteiger partial charge in [0, 0.05) is 43.4 Å². The van der Waals surface area contributed by atoms with Crippen molar-refractivity contribution < 1.29 is 9.53 Å². The third kappa shape index (κ3) is 2.55. The lowest BCUT2D eigenvalue weighted by Crippen LogP contribution is -2.64. The van der Waals surface area contributed by atoms with Crippen molar-refractivity contribution in [3.63, 3.8) is 0 Å². The van der Waals surface area contributed by atoms with Crippen molar-refractivity contribution in [2.45, 2.75) is 51.3 Å². The predicted octanol–water partition coefficient (Wildman–Crippen LogP) is 2.97. The van der Waals surface area contributed by atoms with Crippen molar-refractivity contribution in [1.29, 1.82) is 0 Å². The second-order valence-electron chi connectivity index (χ2n) is 7.27. The number of ether oxygens (including phenoxy) is 1. The molecule has 2 amide bonds. The second-order valence-corrected chi connectivity index (χ2v) is 7.27. The van der Waals surface area contributed by atoms with Crippen LogP contribution in [0.25, 0.3) is 0 Å². The monoisotopic (exact) mass is 329 g/mol. The molecule has 3 fully saturated rings. The topological polar surface area (TPSA) is 53.6 Å². The standard InChI is InChI=1S/C19H27N3O2/c1-2-24-17-12-16(19(17)8-5-9-19)21-15-7-4-3-6-14(15)13-22-11-10-20-18(22)23/h3-4,6-7,16-17,21H,2,5,8-13H2,1H3,(H,20,23)/t16-,17+/m0/s1. The third-order valence-corrected chi connectivity index (χ3v) is 6.09. The number of nitrogens with one attached hydrogen (secondary N) is 2. The molecule has 2 N–H and O–H groups in total. The highest BCUT2D eigenvalue weighted by atomic mass is 16.5. The van der Waals surface area contributed by atoms with Crippen LogP contribution < -0.4 is 10.6 Å². The molecule has 130 valence electrons. The number of benzene rings is 1. The molecule has 24 heavy (non-hydrogen) atoms. The van der Waals surface area contributed by atoms with Gasteiger partial charge in [0.15, 0.2) is 0 Å². The van der Waals surface area contributed by atoms with Crippen molar-refractivity contribution in [2.75, 3.05) is 25.0 Å². The number of anilines is 1. The fraction of sp³-hybridized carbons (Fsp3) is 0.632. The number of carbonyl (C=O) groups is 1. The summed E-state index contributed by atoms with van der Waals surface area (Å²) in [5.74, 6) is 0. The van der Waals surface area contributed by atoms with Gasteiger partial charge in [0.2, 0.25) is 0 Å². The number of urea groups is 1. The van der Waals surface area contributed by atoms with Crippen LogP contribution in [-0.4, -0.2) is 42.8 Å². The number of hydrogen-bond donors (Lipinski definition) is 2. The van der Waals surface area contributed by atoms with Gasteiger partial charge in [-0.15, -0.1) is 0 Å². The van der Waals surface area contributed by atoms with E-state index in [-0.39, 0.29) is 6.03 Å². The molecule has 0 radical (unpaired) electrons. The van der Waals surface area contributed by atoms with E-state index < -0.39 is 0 Å². The minimum Gasteiger partial charge on any atom is -0.381 e. The van der Waals surface area contributed by atoms with Gasteiger partial charge in [0.25, 0.3) is 0 Å². The first-order valence-electron chi connectivity index (χ1n) is 9.22. The van der Waals surface area contributed by atoms with E-state index >= 15 is 0 Å². The van der Waals surface area contributed by atoms with Crippen LogP contribution in [0.1, 0.15) is 38.2 Å². The Kier molecular flexibility index (Phi) is 4.12. The maximum Gasteiger partial charge on any atom is 0.317 e. The molecule has 3 aliphatic rings. The molecule has 0 unspecified atom stereocenters. The van der Waals surface area contributed by atoms with Gasteiger partial charge in [-0.3, -0.25) is 0 Å². The highest BCUT2D eigenvalue weighted by Gasteiger charge is 2.58. The molecule has 1 heterocycles. The van der Waals surface area contributed by atoms with Crippen LogP contribution >= 0.6 is 0 Å². The van der Waals surface area contributed by atoms with Crippen LogP contribution in [0.2, 0.25) is 0 Å². The van der Waals surface area contributed by atoms with Gasteiger partial charge in [0.05, 0.1) is 6.10 Å². The molecule has 0 aromatic heterocycles. The molecular weight excluding hydrogens is 302 g/mol. The first-order valence-corrected chi connectivity index (χ1v) is 9.22. The summed E-state index contributed by atoms with van der Waals surface area (Å²) in [6.07, 6.45) is 5.37. The summed E-state index contributed by atoms with van der Waals surface area (Å²) in [5.41, 5.74) is 2.71. The van der Waals surface area contributed by atoms with E-state index in [0.717, 1.165) is 26.1 Å². The van der Waals surface area contributed by atoms with Crippen LogP contribution in [0.5, 0.6) is 0 Å². The Hall–Kier alpha value is -1.75. The average Bonchev–Trinajstić information content (AvgIpc) is 2.91. The van der Waals surface area contributed by atoms with E-state index in [1.54, 1.807) is 0 Å². The number of hydrogen-bond acceptors (Lipinski definition) is 3. The minimum absolute atomic E-state index is 0.0420. The highest BCUT2D eigenvalue weighted by Crippen LogP contribution is 2.58. The van der Waals surface area contributed by atoms with E-state index in [9.17, 15) is 4.79 Å². The summed E-state index contributed by atoms with van der Waals surface area (Å²) >= 11 is 0. The van der Waals surface area contributed by atoms with E-state index in [1.807, 2.05) is 4.90 Å². The molecule has 1 spiro atoms. The van der Waals surface area contributed by atoms with E-state index in [0.29, 0.717) is 24.1 Å². The van der Waals surface area contributed by atoms with Crippen LogP contribution in [-0.2, 0) is 11.3 Å². The maximum atomic E-state index is 11.8. The van der Waals surface area contributed by atoms with Crippen LogP contribution in [0.15, 0.2) is 24.3 Å². The van der Waals surface area contributed by atoms with E-state index in [2.05, 4.69) is 41.8 Å². The SMILES string of the molecule is CCO[C@@H]1C[C@H](Nc2ccccc2CN2CCNC2=O)C12CCC2. The summed E-state index contributed by atoms with van der Waals surface area (Å²) in [4.78, 5) is 13.7. The summed E-state index contributed by atoms with van der Waals surface area (Å²) in [6, 6.07) is 8.93. The third-order valence-electron chi connectivity index (χ3n) is 6.09. The fourth-order valence-electron chi connectivity index (χ4n) is 4.50. The van der Waals surface area contributed by atoms with Gasteiger partial charge < -0.3 is 20.3 Å². The summed E-state index contributed by atoms with van der Waals surface area (Å²) in [7, 11) is 0. The lowest BCUT2D eigenvalue weighted by atomic mass is 9.51. The molecule has 2 atom stereocenters. The number of amides is 2. The zero-order chi connectivity index (χ0) is 16.6. The fourth-order valence-corrected chi connectivity index (χ4v) is 4.50. The maximum absolute atomic E-state index is 11.8. The van der Waals surface area contributed by atoms with Gasteiger partial charge >= 0.3 is 6.03 Å². The Morgan fingerprint density at radius 3 is 2.88 bits per heavy atom. The Balaban J connectivity index is 1.46.